The Balaban J connectivity index is 2.15. The lowest BCUT2D eigenvalue weighted by Crippen LogP contribution is -2.25. The van der Waals surface area contributed by atoms with Crippen LogP contribution in [0, 0.1) is 6.92 Å². The molecule has 94 valence electrons. The average molecular weight is 258 g/mol. The van der Waals surface area contributed by atoms with E-state index in [-0.39, 0.29) is 6.10 Å². The van der Waals surface area contributed by atoms with Crippen LogP contribution in [0.1, 0.15) is 31.1 Å². The number of aromatic nitrogens is 1. The minimum Gasteiger partial charge on any atom is -0.386 e. The van der Waals surface area contributed by atoms with Crippen LogP contribution in [0.25, 0.3) is 0 Å². The second-order valence-corrected chi connectivity index (χ2v) is 5.05. The molecule has 1 aromatic heterocycles. The Morgan fingerprint density at radius 1 is 1.59 bits per heavy atom. The molecule has 0 radical (unpaired) electrons. The molecule has 1 aliphatic heterocycles. The highest BCUT2D eigenvalue weighted by molar-refractivity contribution is 6.30. The van der Waals surface area contributed by atoms with Crippen LogP contribution >= 0.6 is 11.6 Å². The van der Waals surface area contributed by atoms with Crippen LogP contribution in [-0.2, 0) is 9.47 Å². The van der Waals surface area contributed by atoms with Gasteiger partial charge in [0, 0.05) is 11.8 Å². The SMILES string of the molecule is Cc1cc(C(O)C2COC(C)(C)O2)cnc1Cl. The first-order valence-electron chi connectivity index (χ1n) is 5.51. The van der Waals surface area contributed by atoms with E-state index in [0.717, 1.165) is 5.56 Å². The molecule has 5 heteroatoms. The van der Waals surface area contributed by atoms with E-state index < -0.39 is 11.9 Å². The lowest BCUT2D eigenvalue weighted by Gasteiger charge is -2.20. The van der Waals surface area contributed by atoms with Crippen molar-refractivity contribution in [3.63, 3.8) is 0 Å². The number of nitrogens with zero attached hydrogens (tertiary/aromatic N) is 1. The molecule has 0 aliphatic carbocycles. The first-order valence-corrected chi connectivity index (χ1v) is 5.89. The van der Waals surface area contributed by atoms with E-state index in [1.54, 1.807) is 6.20 Å². The highest BCUT2D eigenvalue weighted by Crippen LogP contribution is 2.31. The van der Waals surface area contributed by atoms with Crippen molar-refractivity contribution in [2.45, 2.75) is 38.8 Å². The van der Waals surface area contributed by atoms with Crippen molar-refractivity contribution in [2.75, 3.05) is 6.61 Å². The molecule has 1 aromatic rings. The number of aliphatic hydroxyl groups is 1. The maximum atomic E-state index is 10.2. The number of hydrogen-bond acceptors (Lipinski definition) is 4. The predicted octanol–water partition coefficient (Wildman–Crippen LogP) is 2.23. The summed E-state index contributed by atoms with van der Waals surface area (Å²) in [6, 6.07) is 1.81. The van der Waals surface area contributed by atoms with Crippen molar-refractivity contribution in [1.82, 2.24) is 4.98 Å². The van der Waals surface area contributed by atoms with Gasteiger partial charge in [0.1, 0.15) is 17.4 Å². The normalized spacial score (nSPS) is 24.9. The van der Waals surface area contributed by atoms with E-state index in [1.165, 1.54) is 0 Å². The van der Waals surface area contributed by atoms with E-state index >= 15 is 0 Å². The standard InChI is InChI=1S/C12H16ClNO3/c1-7-4-8(5-14-11(7)13)10(15)9-6-16-12(2,3)17-9/h4-5,9-10,15H,6H2,1-3H3. The Labute approximate surface area is 106 Å². The molecular weight excluding hydrogens is 242 g/mol. The molecule has 0 spiro atoms. The Kier molecular flexibility index (Phi) is 3.41. The van der Waals surface area contributed by atoms with E-state index in [0.29, 0.717) is 17.3 Å². The van der Waals surface area contributed by atoms with Crippen LogP contribution in [0.2, 0.25) is 5.15 Å². The van der Waals surface area contributed by atoms with Gasteiger partial charge in [0.25, 0.3) is 0 Å². The third-order valence-electron chi connectivity index (χ3n) is 2.76. The van der Waals surface area contributed by atoms with Crippen LogP contribution in [0.4, 0.5) is 0 Å². The average Bonchev–Trinajstić information content (AvgIpc) is 2.62. The zero-order valence-corrected chi connectivity index (χ0v) is 10.9. The number of hydrogen-bond donors (Lipinski definition) is 1. The van der Waals surface area contributed by atoms with Crippen LogP contribution in [0.3, 0.4) is 0 Å². The number of aryl methyl sites for hydroxylation is 1. The van der Waals surface area contributed by atoms with Gasteiger partial charge >= 0.3 is 0 Å². The number of aliphatic hydroxyl groups excluding tert-OH is 1. The summed E-state index contributed by atoms with van der Waals surface area (Å²) in [7, 11) is 0. The van der Waals surface area contributed by atoms with Gasteiger partial charge in [0.05, 0.1) is 6.61 Å². The van der Waals surface area contributed by atoms with Crippen molar-refractivity contribution in [2.24, 2.45) is 0 Å². The maximum Gasteiger partial charge on any atom is 0.163 e. The molecule has 1 saturated heterocycles. The van der Waals surface area contributed by atoms with Crippen LogP contribution in [-0.4, -0.2) is 28.6 Å². The lowest BCUT2D eigenvalue weighted by atomic mass is 10.1. The first-order chi connectivity index (χ1) is 7.89. The molecule has 0 aromatic carbocycles. The zero-order chi connectivity index (χ0) is 12.6. The predicted molar refractivity (Wildman–Crippen MR) is 63.8 cm³/mol. The minimum absolute atomic E-state index is 0.368. The number of rotatable bonds is 2. The highest BCUT2D eigenvalue weighted by atomic mass is 35.5. The fourth-order valence-corrected chi connectivity index (χ4v) is 1.93. The molecule has 1 fully saturated rings. The molecule has 17 heavy (non-hydrogen) atoms. The third-order valence-corrected chi connectivity index (χ3v) is 3.16. The van der Waals surface area contributed by atoms with Gasteiger partial charge in [0.15, 0.2) is 5.79 Å². The summed E-state index contributed by atoms with van der Waals surface area (Å²) in [5, 5.41) is 10.6. The molecule has 4 nitrogen and oxygen atoms in total. The van der Waals surface area contributed by atoms with Crippen LogP contribution in [0.15, 0.2) is 12.3 Å². The van der Waals surface area contributed by atoms with Crippen molar-refractivity contribution in [3.8, 4) is 0 Å². The Morgan fingerprint density at radius 2 is 2.29 bits per heavy atom. The van der Waals surface area contributed by atoms with E-state index in [9.17, 15) is 5.11 Å². The van der Waals surface area contributed by atoms with Crippen LogP contribution in [0.5, 0.6) is 0 Å². The van der Waals surface area contributed by atoms with Crippen molar-refractivity contribution < 1.29 is 14.6 Å². The summed E-state index contributed by atoms with van der Waals surface area (Å²) in [6.07, 6.45) is 0.446. The quantitative estimate of drug-likeness (QED) is 0.826. The van der Waals surface area contributed by atoms with E-state index in [1.807, 2.05) is 26.8 Å². The second-order valence-electron chi connectivity index (χ2n) is 4.69. The van der Waals surface area contributed by atoms with Crippen molar-refractivity contribution in [3.05, 3.63) is 28.5 Å². The molecular formula is C12H16ClNO3. The number of pyridine rings is 1. The first kappa shape index (κ1) is 12.8. The molecule has 2 heterocycles. The van der Waals surface area contributed by atoms with Gasteiger partial charge < -0.3 is 14.6 Å². The third kappa shape index (κ3) is 2.77. The van der Waals surface area contributed by atoms with E-state index in [4.69, 9.17) is 21.1 Å². The summed E-state index contributed by atoms with van der Waals surface area (Å²) < 4.78 is 11.0. The minimum atomic E-state index is -0.750. The van der Waals surface area contributed by atoms with Gasteiger partial charge in [-0.2, -0.15) is 0 Å². The molecule has 0 saturated carbocycles. The zero-order valence-electron chi connectivity index (χ0n) is 10.1. The lowest BCUT2D eigenvalue weighted by molar-refractivity contribution is -0.151. The molecule has 0 bridgehead atoms. The largest absolute Gasteiger partial charge is 0.386 e. The van der Waals surface area contributed by atoms with Gasteiger partial charge in [-0.15, -0.1) is 0 Å². The molecule has 1 aliphatic rings. The Morgan fingerprint density at radius 3 is 2.82 bits per heavy atom. The number of ether oxygens (including phenoxy) is 2. The highest BCUT2D eigenvalue weighted by Gasteiger charge is 2.37. The monoisotopic (exact) mass is 257 g/mol. The fourth-order valence-electron chi connectivity index (χ4n) is 1.83. The van der Waals surface area contributed by atoms with E-state index in [2.05, 4.69) is 4.98 Å². The summed E-state index contributed by atoms with van der Waals surface area (Å²) in [5.74, 6) is -0.638. The molecule has 2 atom stereocenters. The Hall–Kier alpha value is -0.680. The maximum absolute atomic E-state index is 10.2. The molecule has 2 unspecified atom stereocenters. The van der Waals surface area contributed by atoms with Crippen molar-refractivity contribution >= 4 is 11.6 Å². The van der Waals surface area contributed by atoms with Crippen molar-refractivity contribution in [1.29, 1.82) is 0 Å². The van der Waals surface area contributed by atoms with Gasteiger partial charge in [-0.05, 0) is 32.4 Å². The number of halogens is 1. The van der Waals surface area contributed by atoms with Gasteiger partial charge in [-0.1, -0.05) is 11.6 Å². The fraction of sp³-hybridized carbons (Fsp3) is 0.583. The summed E-state index contributed by atoms with van der Waals surface area (Å²) >= 11 is 5.84. The summed E-state index contributed by atoms with van der Waals surface area (Å²) in [6.45, 7) is 5.87. The molecule has 1 N–H and O–H groups in total. The molecule has 2 rings (SSSR count). The van der Waals surface area contributed by atoms with Gasteiger partial charge in [-0.3, -0.25) is 0 Å². The smallest absolute Gasteiger partial charge is 0.163 e. The van der Waals surface area contributed by atoms with Gasteiger partial charge in [-0.25, -0.2) is 4.98 Å². The second kappa shape index (κ2) is 4.53. The van der Waals surface area contributed by atoms with Gasteiger partial charge in [0.2, 0.25) is 0 Å². The topological polar surface area (TPSA) is 51.6 Å². The Bertz CT molecular complexity index is 422. The summed E-state index contributed by atoms with van der Waals surface area (Å²) in [4.78, 5) is 4.02. The van der Waals surface area contributed by atoms with Crippen LogP contribution < -0.4 is 0 Å². The molecule has 0 amide bonds. The summed E-state index contributed by atoms with van der Waals surface area (Å²) in [5.41, 5.74) is 1.53.